The molecule has 0 atom stereocenters. The lowest BCUT2D eigenvalue weighted by Gasteiger charge is -2.05. The van der Waals surface area contributed by atoms with Crippen molar-refractivity contribution in [3.8, 4) is 11.3 Å². The highest BCUT2D eigenvalue weighted by atomic mass is 16.3. The van der Waals surface area contributed by atoms with Crippen molar-refractivity contribution in [3.05, 3.63) is 47.2 Å². The van der Waals surface area contributed by atoms with E-state index in [4.69, 9.17) is 4.42 Å². The minimum absolute atomic E-state index is 0.368. The minimum atomic E-state index is 0.368. The fourth-order valence-corrected chi connectivity index (χ4v) is 1.75. The zero-order valence-corrected chi connectivity index (χ0v) is 8.78. The van der Waals surface area contributed by atoms with Gasteiger partial charge in [-0.05, 0) is 37.1 Å². The van der Waals surface area contributed by atoms with Crippen molar-refractivity contribution in [2.75, 3.05) is 0 Å². The summed E-state index contributed by atoms with van der Waals surface area (Å²) in [5.74, 6) is 1.13. The molecular formula is C13H12O2. The van der Waals surface area contributed by atoms with Gasteiger partial charge in [0.25, 0.3) is 0 Å². The summed E-state index contributed by atoms with van der Waals surface area (Å²) < 4.78 is 5.41. The van der Waals surface area contributed by atoms with E-state index in [-0.39, 0.29) is 0 Å². The number of rotatable bonds is 2. The van der Waals surface area contributed by atoms with E-state index in [1.807, 2.05) is 38.1 Å². The van der Waals surface area contributed by atoms with E-state index in [1.165, 1.54) is 0 Å². The van der Waals surface area contributed by atoms with Gasteiger partial charge >= 0.3 is 0 Å². The second-order valence-corrected chi connectivity index (χ2v) is 3.59. The summed E-state index contributed by atoms with van der Waals surface area (Å²) in [6.45, 7) is 4.07. The molecule has 76 valence electrons. The van der Waals surface area contributed by atoms with Crippen LogP contribution in [0.4, 0.5) is 0 Å². The summed E-state index contributed by atoms with van der Waals surface area (Å²) >= 11 is 0. The Bertz CT molecular complexity index is 475. The van der Waals surface area contributed by atoms with Crippen molar-refractivity contribution < 1.29 is 9.21 Å². The van der Waals surface area contributed by atoms with E-state index in [0.717, 1.165) is 28.7 Å². The van der Waals surface area contributed by atoms with Crippen LogP contribution in [0, 0.1) is 13.8 Å². The highest BCUT2D eigenvalue weighted by molar-refractivity contribution is 5.74. The van der Waals surface area contributed by atoms with E-state index in [2.05, 4.69) is 0 Å². The number of benzene rings is 1. The summed E-state index contributed by atoms with van der Waals surface area (Å²) in [4.78, 5) is 10.5. The third-order valence-corrected chi connectivity index (χ3v) is 2.47. The standard InChI is InChI=1S/C13H12O2/c1-9-4-3-5-10(2)13(9)12-7-6-11(8-14)15-12/h3-8H,1-2H3. The smallest absolute Gasteiger partial charge is 0.185 e. The molecule has 0 unspecified atom stereocenters. The highest BCUT2D eigenvalue weighted by Crippen LogP contribution is 2.28. The molecule has 0 saturated carbocycles. The van der Waals surface area contributed by atoms with E-state index < -0.39 is 0 Å². The Kier molecular flexibility index (Phi) is 2.42. The van der Waals surface area contributed by atoms with Crippen molar-refractivity contribution in [2.24, 2.45) is 0 Å². The molecule has 0 radical (unpaired) electrons. The molecular weight excluding hydrogens is 188 g/mol. The Morgan fingerprint density at radius 2 is 1.73 bits per heavy atom. The van der Waals surface area contributed by atoms with Crippen LogP contribution in [0.15, 0.2) is 34.7 Å². The SMILES string of the molecule is Cc1cccc(C)c1-c1ccc(C=O)o1. The molecule has 1 aromatic carbocycles. The zero-order chi connectivity index (χ0) is 10.8. The largest absolute Gasteiger partial charge is 0.453 e. The topological polar surface area (TPSA) is 30.2 Å². The Labute approximate surface area is 88.5 Å². The van der Waals surface area contributed by atoms with Gasteiger partial charge in [-0.25, -0.2) is 0 Å². The molecule has 0 saturated heterocycles. The first-order chi connectivity index (χ1) is 7.22. The van der Waals surface area contributed by atoms with Gasteiger partial charge in [-0.1, -0.05) is 18.2 Å². The van der Waals surface area contributed by atoms with Crippen LogP contribution in [0.2, 0.25) is 0 Å². The first-order valence-corrected chi connectivity index (χ1v) is 4.84. The van der Waals surface area contributed by atoms with Gasteiger partial charge in [0.2, 0.25) is 0 Å². The third-order valence-electron chi connectivity index (χ3n) is 2.47. The van der Waals surface area contributed by atoms with Gasteiger partial charge in [-0.2, -0.15) is 0 Å². The lowest BCUT2D eigenvalue weighted by molar-refractivity contribution is 0.110. The predicted octanol–water partition coefficient (Wildman–Crippen LogP) is 3.38. The average Bonchev–Trinajstić information content (AvgIpc) is 2.66. The number of aryl methyl sites for hydroxylation is 2. The molecule has 1 aromatic heterocycles. The molecule has 2 rings (SSSR count). The van der Waals surface area contributed by atoms with E-state index in [1.54, 1.807) is 6.07 Å². The van der Waals surface area contributed by atoms with Gasteiger partial charge in [-0.3, -0.25) is 4.79 Å². The maximum atomic E-state index is 10.5. The molecule has 0 aliphatic heterocycles. The van der Waals surface area contributed by atoms with Gasteiger partial charge in [0.05, 0.1) is 0 Å². The van der Waals surface area contributed by atoms with Crippen LogP contribution in [0.25, 0.3) is 11.3 Å². The molecule has 0 aliphatic carbocycles. The van der Waals surface area contributed by atoms with Gasteiger partial charge in [0, 0.05) is 5.56 Å². The molecule has 0 amide bonds. The lowest BCUT2D eigenvalue weighted by atomic mass is 10.0. The fourth-order valence-electron chi connectivity index (χ4n) is 1.75. The molecule has 0 spiro atoms. The number of hydrogen-bond acceptors (Lipinski definition) is 2. The van der Waals surface area contributed by atoms with E-state index >= 15 is 0 Å². The Balaban J connectivity index is 2.58. The zero-order valence-electron chi connectivity index (χ0n) is 8.78. The van der Waals surface area contributed by atoms with Gasteiger partial charge < -0.3 is 4.42 Å². The van der Waals surface area contributed by atoms with Crippen LogP contribution in [0.1, 0.15) is 21.7 Å². The molecule has 2 heteroatoms. The maximum Gasteiger partial charge on any atom is 0.185 e. The number of carbonyl (C=O) groups excluding carboxylic acids is 1. The fraction of sp³-hybridized carbons (Fsp3) is 0.154. The van der Waals surface area contributed by atoms with Crippen LogP contribution >= 0.6 is 0 Å². The first-order valence-electron chi connectivity index (χ1n) is 4.84. The highest BCUT2D eigenvalue weighted by Gasteiger charge is 2.09. The quantitative estimate of drug-likeness (QED) is 0.695. The number of hydrogen-bond donors (Lipinski definition) is 0. The molecule has 0 bridgehead atoms. The average molecular weight is 200 g/mol. The van der Waals surface area contributed by atoms with Crippen LogP contribution in [-0.2, 0) is 0 Å². The second kappa shape index (κ2) is 3.73. The maximum absolute atomic E-state index is 10.5. The predicted molar refractivity (Wildman–Crippen MR) is 59.0 cm³/mol. The molecule has 2 aromatic rings. The Morgan fingerprint density at radius 1 is 1.07 bits per heavy atom. The van der Waals surface area contributed by atoms with Crippen LogP contribution in [-0.4, -0.2) is 6.29 Å². The van der Waals surface area contributed by atoms with Crippen molar-refractivity contribution >= 4 is 6.29 Å². The van der Waals surface area contributed by atoms with Gasteiger partial charge in [-0.15, -0.1) is 0 Å². The second-order valence-electron chi connectivity index (χ2n) is 3.59. The summed E-state index contributed by atoms with van der Waals surface area (Å²) in [7, 11) is 0. The number of aldehydes is 1. The molecule has 2 nitrogen and oxygen atoms in total. The van der Waals surface area contributed by atoms with Gasteiger partial charge in [0.15, 0.2) is 12.0 Å². The third kappa shape index (κ3) is 1.71. The van der Waals surface area contributed by atoms with Crippen molar-refractivity contribution in [3.63, 3.8) is 0 Å². The molecule has 0 fully saturated rings. The van der Waals surface area contributed by atoms with Crippen molar-refractivity contribution in [2.45, 2.75) is 13.8 Å². The van der Waals surface area contributed by atoms with E-state index in [0.29, 0.717) is 5.76 Å². The summed E-state index contributed by atoms with van der Waals surface area (Å²) in [5, 5.41) is 0. The molecule has 1 heterocycles. The summed E-state index contributed by atoms with van der Waals surface area (Å²) in [5.41, 5.74) is 3.38. The van der Waals surface area contributed by atoms with Gasteiger partial charge in [0.1, 0.15) is 5.76 Å². The number of furan rings is 1. The summed E-state index contributed by atoms with van der Waals surface area (Å²) in [6.07, 6.45) is 0.719. The van der Waals surface area contributed by atoms with E-state index in [9.17, 15) is 4.79 Å². The van der Waals surface area contributed by atoms with Crippen molar-refractivity contribution in [1.82, 2.24) is 0 Å². The first kappa shape index (κ1) is 9.71. The normalized spacial score (nSPS) is 10.3. The summed E-state index contributed by atoms with van der Waals surface area (Å²) in [6, 6.07) is 9.60. The van der Waals surface area contributed by atoms with Crippen LogP contribution in [0.5, 0.6) is 0 Å². The Hall–Kier alpha value is -1.83. The van der Waals surface area contributed by atoms with Crippen molar-refractivity contribution in [1.29, 1.82) is 0 Å². The van der Waals surface area contributed by atoms with Crippen LogP contribution < -0.4 is 0 Å². The Morgan fingerprint density at radius 3 is 2.27 bits per heavy atom. The minimum Gasteiger partial charge on any atom is -0.453 e. The van der Waals surface area contributed by atoms with Crippen LogP contribution in [0.3, 0.4) is 0 Å². The lowest BCUT2D eigenvalue weighted by Crippen LogP contribution is -1.85. The molecule has 15 heavy (non-hydrogen) atoms. The monoisotopic (exact) mass is 200 g/mol. The molecule has 0 aliphatic rings. The number of carbonyl (C=O) groups is 1. The molecule has 0 N–H and O–H groups in total.